The quantitative estimate of drug-likeness (QED) is 0.198. The zero-order valence-corrected chi connectivity index (χ0v) is 25.2. The predicted molar refractivity (Wildman–Crippen MR) is 190 cm³/mol. The lowest BCUT2D eigenvalue weighted by Crippen LogP contribution is -2.31. The van der Waals surface area contributed by atoms with Crippen LogP contribution >= 0.6 is 0 Å². The van der Waals surface area contributed by atoms with Crippen LogP contribution in [-0.2, 0) is 0 Å². The summed E-state index contributed by atoms with van der Waals surface area (Å²) in [6.45, 7) is 2.23. The maximum Gasteiger partial charge on any atom is 0.0541 e. The molecule has 214 valence electrons. The Bertz CT molecular complexity index is 2510. The molecule has 0 N–H and O–H groups in total. The monoisotopic (exact) mass is 576 g/mol. The minimum absolute atomic E-state index is 0.315. The van der Waals surface area contributed by atoms with Gasteiger partial charge in [0.2, 0.25) is 0 Å². The Kier molecular flexibility index (Phi) is 5.89. The van der Waals surface area contributed by atoms with Crippen LogP contribution in [0.4, 0.5) is 0 Å². The molecule has 1 atom stereocenters. The topological polar surface area (TPSA) is 9.86 Å². The van der Waals surface area contributed by atoms with Crippen LogP contribution in [0.2, 0.25) is 0 Å². The van der Waals surface area contributed by atoms with Gasteiger partial charge in [-0.1, -0.05) is 115 Å². The lowest BCUT2D eigenvalue weighted by molar-refractivity contribution is 0.906. The molecule has 2 aromatic heterocycles. The molecule has 0 saturated carbocycles. The zero-order valence-electron chi connectivity index (χ0n) is 25.2. The SMILES string of the molecule is Cc1cc(-c2ccc3c(c2)c2ccccc2n3-c2ccccc2)cc(C2C=c3c(n(-c4ccccc4)c4ccccc34)=CC2)c1. The van der Waals surface area contributed by atoms with Crippen LogP contribution in [0.5, 0.6) is 0 Å². The summed E-state index contributed by atoms with van der Waals surface area (Å²) >= 11 is 0. The van der Waals surface area contributed by atoms with Crippen molar-refractivity contribution >= 4 is 44.9 Å². The maximum atomic E-state index is 2.51. The molecule has 0 aliphatic heterocycles. The molecule has 2 nitrogen and oxygen atoms in total. The smallest absolute Gasteiger partial charge is 0.0541 e. The van der Waals surface area contributed by atoms with Gasteiger partial charge in [-0.3, -0.25) is 0 Å². The van der Waals surface area contributed by atoms with Gasteiger partial charge in [-0.2, -0.15) is 0 Å². The summed E-state index contributed by atoms with van der Waals surface area (Å²) in [5, 5.41) is 6.51. The Morgan fingerprint density at radius 2 is 1.13 bits per heavy atom. The average Bonchev–Trinajstić information content (AvgIpc) is 3.61. The van der Waals surface area contributed by atoms with E-state index in [4.69, 9.17) is 0 Å². The highest BCUT2D eigenvalue weighted by atomic mass is 15.0. The minimum atomic E-state index is 0.315. The summed E-state index contributed by atoms with van der Waals surface area (Å²) in [5.74, 6) is 0.315. The first-order valence-corrected chi connectivity index (χ1v) is 15.8. The number of aromatic nitrogens is 2. The van der Waals surface area contributed by atoms with Crippen molar-refractivity contribution in [3.05, 3.63) is 167 Å². The lowest BCUT2D eigenvalue weighted by atomic mass is 9.88. The summed E-state index contributed by atoms with van der Waals surface area (Å²) in [6.07, 6.45) is 5.93. The average molecular weight is 577 g/mol. The van der Waals surface area contributed by atoms with Crippen molar-refractivity contribution in [2.24, 2.45) is 0 Å². The van der Waals surface area contributed by atoms with E-state index < -0.39 is 0 Å². The van der Waals surface area contributed by atoms with Gasteiger partial charge in [0.25, 0.3) is 0 Å². The Morgan fingerprint density at radius 3 is 1.89 bits per heavy atom. The molecule has 45 heavy (non-hydrogen) atoms. The molecular weight excluding hydrogens is 544 g/mol. The summed E-state index contributed by atoms with van der Waals surface area (Å²) < 4.78 is 4.80. The van der Waals surface area contributed by atoms with E-state index in [1.165, 1.54) is 76.9 Å². The number of aryl methyl sites for hydroxylation is 1. The van der Waals surface area contributed by atoms with Gasteiger partial charge in [-0.25, -0.2) is 0 Å². The first-order chi connectivity index (χ1) is 22.2. The molecule has 0 saturated heterocycles. The van der Waals surface area contributed by atoms with E-state index in [9.17, 15) is 0 Å². The molecule has 1 aliphatic carbocycles. The van der Waals surface area contributed by atoms with Crippen molar-refractivity contribution in [1.82, 2.24) is 9.13 Å². The van der Waals surface area contributed by atoms with Crippen LogP contribution in [-0.4, -0.2) is 9.13 Å². The highest BCUT2D eigenvalue weighted by molar-refractivity contribution is 6.10. The van der Waals surface area contributed by atoms with Crippen LogP contribution in [0.3, 0.4) is 0 Å². The van der Waals surface area contributed by atoms with E-state index in [1.54, 1.807) is 0 Å². The second-order valence-corrected chi connectivity index (χ2v) is 12.3. The molecule has 0 radical (unpaired) electrons. The van der Waals surface area contributed by atoms with E-state index in [-0.39, 0.29) is 0 Å². The third kappa shape index (κ3) is 4.17. The molecule has 9 rings (SSSR count). The summed E-state index contributed by atoms with van der Waals surface area (Å²) in [4.78, 5) is 0. The van der Waals surface area contributed by atoms with Crippen molar-refractivity contribution in [1.29, 1.82) is 0 Å². The molecule has 1 aliphatic rings. The summed E-state index contributed by atoms with van der Waals surface area (Å²) in [7, 11) is 0. The third-order valence-electron chi connectivity index (χ3n) is 9.45. The van der Waals surface area contributed by atoms with E-state index in [0.717, 1.165) is 6.42 Å². The largest absolute Gasteiger partial charge is 0.310 e. The molecule has 0 fully saturated rings. The fraction of sp³-hybridized carbons (Fsp3) is 0.0698. The van der Waals surface area contributed by atoms with E-state index >= 15 is 0 Å². The summed E-state index contributed by atoms with van der Waals surface area (Å²) in [6, 6.07) is 53.1. The standard InChI is InChI=1S/C43H32N2/c1-29-24-32(30-20-22-42-38(27-30)36-16-8-10-18-40(36)44(42)34-12-4-2-5-13-34)26-33(25-29)31-21-23-43-39(28-31)37-17-9-11-19-41(37)45(43)35-14-6-3-7-15-35/h2-20,22-28,31H,21H2,1H3. The Labute approximate surface area is 262 Å². The van der Waals surface area contributed by atoms with E-state index in [0.29, 0.717) is 5.92 Å². The number of hydrogen-bond donors (Lipinski definition) is 0. The molecule has 6 aromatic carbocycles. The Balaban J connectivity index is 1.18. The van der Waals surface area contributed by atoms with Gasteiger partial charge in [-0.15, -0.1) is 0 Å². The molecule has 0 bridgehead atoms. The van der Waals surface area contributed by atoms with Crippen molar-refractivity contribution in [3.63, 3.8) is 0 Å². The van der Waals surface area contributed by atoms with E-state index in [2.05, 4.69) is 174 Å². The van der Waals surface area contributed by atoms with Gasteiger partial charge in [0, 0.05) is 44.0 Å². The fourth-order valence-corrected chi connectivity index (χ4v) is 7.46. The van der Waals surface area contributed by atoms with Crippen molar-refractivity contribution < 1.29 is 0 Å². The third-order valence-corrected chi connectivity index (χ3v) is 9.45. The van der Waals surface area contributed by atoms with Crippen LogP contribution in [0.25, 0.3) is 67.4 Å². The van der Waals surface area contributed by atoms with Crippen LogP contribution in [0.1, 0.15) is 23.5 Å². The second kappa shape index (κ2) is 10.2. The molecular formula is C43H32N2. The van der Waals surface area contributed by atoms with Gasteiger partial charge in [0.1, 0.15) is 0 Å². The van der Waals surface area contributed by atoms with Gasteiger partial charge < -0.3 is 9.13 Å². The number of nitrogens with zero attached hydrogens (tertiary/aromatic N) is 2. The van der Waals surface area contributed by atoms with Gasteiger partial charge >= 0.3 is 0 Å². The molecule has 2 heterocycles. The molecule has 8 aromatic rings. The van der Waals surface area contributed by atoms with Gasteiger partial charge in [0.15, 0.2) is 0 Å². The van der Waals surface area contributed by atoms with Crippen LogP contribution in [0.15, 0.2) is 146 Å². The first-order valence-electron chi connectivity index (χ1n) is 15.8. The Hall–Kier alpha value is -5.60. The predicted octanol–water partition coefficient (Wildman–Crippen LogP) is 9.45. The normalized spacial score (nSPS) is 14.4. The minimum Gasteiger partial charge on any atom is -0.310 e. The van der Waals surface area contributed by atoms with Crippen molar-refractivity contribution in [3.8, 4) is 22.5 Å². The highest BCUT2D eigenvalue weighted by Gasteiger charge is 2.18. The Morgan fingerprint density at radius 1 is 0.511 bits per heavy atom. The zero-order chi connectivity index (χ0) is 29.9. The summed E-state index contributed by atoms with van der Waals surface area (Å²) in [5.41, 5.74) is 11.3. The van der Waals surface area contributed by atoms with Gasteiger partial charge in [-0.05, 0) is 78.6 Å². The number of rotatable bonds is 4. The van der Waals surface area contributed by atoms with Crippen molar-refractivity contribution in [2.75, 3.05) is 0 Å². The molecule has 1 unspecified atom stereocenters. The van der Waals surface area contributed by atoms with Crippen molar-refractivity contribution in [2.45, 2.75) is 19.3 Å². The van der Waals surface area contributed by atoms with Crippen LogP contribution in [0, 0.1) is 6.92 Å². The number of benzene rings is 6. The number of para-hydroxylation sites is 4. The lowest BCUT2D eigenvalue weighted by Gasteiger charge is -2.17. The molecule has 2 heteroatoms. The maximum absolute atomic E-state index is 2.51. The highest BCUT2D eigenvalue weighted by Crippen LogP contribution is 2.36. The molecule has 0 amide bonds. The fourth-order valence-electron chi connectivity index (χ4n) is 7.46. The van der Waals surface area contributed by atoms with Gasteiger partial charge in [0.05, 0.1) is 16.6 Å². The number of hydrogen-bond acceptors (Lipinski definition) is 0. The second-order valence-electron chi connectivity index (χ2n) is 12.3. The molecule has 0 spiro atoms. The number of fused-ring (bicyclic) bond motifs is 6. The van der Waals surface area contributed by atoms with Crippen LogP contribution < -0.4 is 10.6 Å². The van der Waals surface area contributed by atoms with E-state index in [1.807, 2.05) is 0 Å². The first kappa shape index (κ1) is 25.9.